The lowest BCUT2D eigenvalue weighted by Crippen LogP contribution is -2.49. The Kier molecular flexibility index (Phi) is 4.63. The van der Waals surface area contributed by atoms with Gasteiger partial charge in [0.15, 0.2) is 0 Å². The van der Waals surface area contributed by atoms with Crippen LogP contribution in [0, 0.1) is 5.82 Å². The highest BCUT2D eigenvalue weighted by Gasteiger charge is 2.50. The van der Waals surface area contributed by atoms with Crippen molar-refractivity contribution in [1.29, 1.82) is 0 Å². The van der Waals surface area contributed by atoms with E-state index in [-0.39, 0.29) is 5.95 Å². The minimum Gasteiger partial charge on any atom is -0.394 e. The van der Waals surface area contributed by atoms with Crippen LogP contribution in [0.15, 0.2) is 6.20 Å². The van der Waals surface area contributed by atoms with Crippen molar-refractivity contribution in [2.24, 2.45) is 0 Å². The van der Waals surface area contributed by atoms with Crippen molar-refractivity contribution >= 4 is 19.6 Å². The SMILES string of the molecule is Nc1nc(N)[n+]([C@@H]2O[C@H](CO)[C@@H](OP(=O)(O)O)[C@@H]2O)cc1F. The summed E-state index contributed by atoms with van der Waals surface area (Å²) in [5, 5.41) is 19.3. The molecule has 2 rings (SSSR count). The van der Waals surface area contributed by atoms with Gasteiger partial charge in [0, 0.05) is 0 Å². The maximum atomic E-state index is 13.5. The molecule has 8 N–H and O–H groups in total. The number of hydrogen-bond donors (Lipinski definition) is 6. The van der Waals surface area contributed by atoms with Crippen LogP contribution in [-0.2, 0) is 13.8 Å². The van der Waals surface area contributed by atoms with Gasteiger partial charge in [-0.05, 0) is 0 Å². The molecule has 0 amide bonds. The number of halogens is 1. The fourth-order valence-electron chi connectivity index (χ4n) is 2.08. The first-order valence-electron chi connectivity index (χ1n) is 5.95. The first-order valence-corrected chi connectivity index (χ1v) is 7.48. The standard InChI is InChI=1S/C9H14FN4O7P/c10-3-1-14(9(12)13-7(3)11)8-5(16)6(4(2-15)20-8)21-22(17,18)19/h1,4-6,8,15-16H,2H2,(H5,11,12,13,17,18,19)/p+1/t4-,5+,6-,8-/m1/s1. The molecule has 0 bridgehead atoms. The molecule has 1 fully saturated rings. The molecule has 11 nitrogen and oxygen atoms in total. The van der Waals surface area contributed by atoms with Gasteiger partial charge < -0.3 is 30.5 Å². The van der Waals surface area contributed by atoms with Crippen LogP contribution in [0.2, 0.25) is 0 Å². The van der Waals surface area contributed by atoms with Crippen LogP contribution < -0.4 is 16.0 Å². The highest BCUT2D eigenvalue weighted by molar-refractivity contribution is 7.46. The van der Waals surface area contributed by atoms with Gasteiger partial charge in [0.05, 0.1) is 6.61 Å². The quantitative estimate of drug-likeness (QED) is 0.250. The van der Waals surface area contributed by atoms with Crippen LogP contribution in [-0.4, -0.2) is 49.9 Å². The molecule has 0 unspecified atom stereocenters. The highest BCUT2D eigenvalue weighted by atomic mass is 31.2. The molecule has 1 saturated heterocycles. The molecule has 1 aliphatic rings. The summed E-state index contributed by atoms with van der Waals surface area (Å²) in [5.74, 6) is -1.72. The first-order chi connectivity index (χ1) is 10.1. The summed E-state index contributed by atoms with van der Waals surface area (Å²) in [6.45, 7) is -0.705. The second kappa shape index (κ2) is 6.01. The molecular weight excluding hydrogens is 326 g/mol. The van der Waals surface area contributed by atoms with Crippen LogP contribution in [0.25, 0.3) is 0 Å². The van der Waals surface area contributed by atoms with E-state index in [0.717, 1.165) is 10.8 Å². The van der Waals surface area contributed by atoms with Crippen LogP contribution in [0.3, 0.4) is 0 Å². The molecule has 0 radical (unpaired) electrons. The molecule has 2 heterocycles. The summed E-state index contributed by atoms with van der Waals surface area (Å²) in [4.78, 5) is 21.1. The van der Waals surface area contributed by atoms with Gasteiger partial charge in [-0.1, -0.05) is 4.98 Å². The van der Waals surface area contributed by atoms with Gasteiger partial charge in [0.2, 0.25) is 17.9 Å². The molecule has 0 aliphatic carbocycles. The summed E-state index contributed by atoms with van der Waals surface area (Å²) < 4.78 is 34.9. The van der Waals surface area contributed by atoms with E-state index in [1.807, 2.05) is 0 Å². The molecule has 0 saturated carbocycles. The Hall–Kier alpha value is -1.40. The van der Waals surface area contributed by atoms with E-state index in [9.17, 15) is 14.1 Å². The molecule has 1 aliphatic heterocycles. The Labute approximate surface area is 123 Å². The highest BCUT2D eigenvalue weighted by Crippen LogP contribution is 2.42. The number of ether oxygens (including phenoxy) is 1. The second-order valence-corrected chi connectivity index (χ2v) is 5.73. The third-order valence-electron chi connectivity index (χ3n) is 3.02. The van der Waals surface area contributed by atoms with Crippen LogP contribution >= 0.6 is 7.82 Å². The fraction of sp³-hybridized carbons (Fsp3) is 0.556. The first kappa shape index (κ1) is 17.0. The van der Waals surface area contributed by atoms with Crippen molar-refractivity contribution < 1.29 is 42.8 Å². The summed E-state index contributed by atoms with van der Waals surface area (Å²) in [7, 11) is -4.95. The third-order valence-corrected chi connectivity index (χ3v) is 3.54. The average molecular weight is 341 g/mol. The zero-order valence-electron chi connectivity index (χ0n) is 11.0. The molecule has 4 atom stereocenters. The Morgan fingerprint density at radius 1 is 1.50 bits per heavy atom. The summed E-state index contributed by atoms with van der Waals surface area (Å²) in [6, 6.07) is 0. The Bertz CT molecular complexity index is 614. The molecule has 0 aromatic carbocycles. The molecule has 1 aromatic rings. The number of phosphoric ester groups is 1. The Morgan fingerprint density at radius 2 is 2.14 bits per heavy atom. The lowest BCUT2D eigenvalue weighted by molar-refractivity contribution is -0.756. The van der Waals surface area contributed by atoms with Gasteiger partial charge in [-0.15, -0.1) is 0 Å². The predicted octanol–water partition coefficient (Wildman–Crippen LogP) is -2.60. The average Bonchev–Trinajstić information content (AvgIpc) is 2.69. The molecule has 0 spiro atoms. The van der Waals surface area contributed by atoms with E-state index in [1.165, 1.54) is 0 Å². The number of anilines is 2. The predicted molar refractivity (Wildman–Crippen MR) is 67.1 cm³/mol. The van der Waals surface area contributed by atoms with Crippen molar-refractivity contribution in [1.82, 2.24) is 4.98 Å². The van der Waals surface area contributed by atoms with E-state index in [2.05, 4.69) is 9.51 Å². The van der Waals surface area contributed by atoms with Gasteiger partial charge in [0.25, 0.3) is 0 Å². The van der Waals surface area contributed by atoms with Crippen molar-refractivity contribution in [3.63, 3.8) is 0 Å². The monoisotopic (exact) mass is 341 g/mol. The minimum absolute atomic E-state index is 0.309. The molecule has 124 valence electrons. The number of phosphoric acid groups is 1. The van der Waals surface area contributed by atoms with Crippen molar-refractivity contribution in [3.8, 4) is 0 Å². The zero-order chi connectivity index (χ0) is 16.7. The summed E-state index contributed by atoms with van der Waals surface area (Å²) >= 11 is 0. The molecule has 22 heavy (non-hydrogen) atoms. The zero-order valence-corrected chi connectivity index (χ0v) is 11.9. The van der Waals surface area contributed by atoms with Crippen LogP contribution in [0.1, 0.15) is 6.23 Å². The van der Waals surface area contributed by atoms with Gasteiger partial charge >= 0.3 is 13.8 Å². The number of nitrogens with two attached hydrogens (primary N) is 2. The van der Waals surface area contributed by atoms with E-state index in [1.54, 1.807) is 0 Å². The fourth-order valence-corrected chi connectivity index (χ4v) is 2.66. The number of rotatable bonds is 4. The summed E-state index contributed by atoms with van der Waals surface area (Å²) in [5.41, 5.74) is 10.8. The second-order valence-electron chi connectivity index (χ2n) is 4.54. The maximum Gasteiger partial charge on any atom is 0.470 e. The third kappa shape index (κ3) is 3.33. The largest absolute Gasteiger partial charge is 0.470 e. The van der Waals surface area contributed by atoms with E-state index < -0.39 is 50.6 Å². The normalized spacial score (nSPS) is 29.0. The Balaban J connectivity index is 2.34. The van der Waals surface area contributed by atoms with E-state index in [4.69, 9.17) is 31.1 Å². The van der Waals surface area contributed by atoms with Gasteiger partial charge in [-0.3, -0.25) is 10.3 Å². The number of aliphatic hydroxyl groups is 2. The van der Waals surface area contributed by atoms with Crippen LogP contribution in [0.5, 0.6) is 0 Å². The summed E-state index contributed by atoms with van der Waals surface area (Å²) in [6.07, 6.45) is -5.04. The van der Waals surface area contributed by atoms with E-state index in [0.29, 0.717) is 0 Å². The van der Waals surface area contributed by atoms with Crippen LogP contribution in [0.4, 0.5) is 16.2 Å². The van der Waals surface area contributed by atoms with Gasteiger partial charge in [-0.2, -0.15) is 4.39 Å². The number of aromatic nitrogens is 2. The van der Waals surface area contributed by atoms with Crippen molar-refractivity contribution in [2.45, 2.75) is 24.5 Å². The molecule has 13 heteroatoms. The smallest absolute Gasteiger partial charge is 0.394 e. The number of aliphatic hydroxyl groups excluding tert-OH is 2. The number of nitrogens with zero attached hydrogens (tertiary/aromatic N) is 2. The van der Waals surface area contributed by atoms with Crippen molar-refractivity contribution in [2.75, 3.05) is 18.1 Å². The number of hydrogen-bond acceptors (Lipinski definition) is 8. The lowest BCUT2D eigenvalue weighted by Gasteiger charge is -2.19. The van der Waals surface area contributed by atoms with Gasteiger partial charge in [-0.25, -0.2) is 9.13 Å². The molecular formula is C9H15FN4O7P+. The van der Waals surface area contributed by atoms with Crippen molar-refractivity contribution in [3.05, 3.63) is 12.0 Å². The lowest BCUT2D eigenvalue weighted by atomic mass is 10.1. The van der Waals surface area contributed by atoms with Gasteiger partial charge in [0.1, 0.15) is 24.5 Å². The maximum absolute atomic E-state index is 13.5. The molecule has 1 aromatic heterocycles. The minimum atomic E-state index is -4.95. The van der Waals surface area contributed by atoms with E-state index >= 15 is 0 Å². The topological polar surface area (TPSA) is 185 Å². The number of nitrogen functional groups attached to an aromatic ring is 2. The Morgan fingerprint density at radius 3 is 2.68 bits per heavy atom.